The average molecular weight is 252 g/mol. The highest BCUT2D eigenvalue weighted by Gasteiger charge is 2.06. The van der Waals surface area contributed by atoms with Crippen LogP contribution in [0.3, 0.4) is 0 Å². The minimum Gasteiger partial charge on any atom is -0.409 e. The van der Waals surface area contributed by atoms with Gasteiger partial charge in [-0.25, -0.2) is 4.98 Å². The van der Waals surface area contributed by atoms with Crippen molar-refractivity contribution in [3.05, 3.63) is 54.1 Å². The molecule has 0 saturated carbocycles. The van der Waals surface area contributed by atoms with Gasteiger partial charge in [-0.1, -0.05) is 35.5 Å². The third kappa shape index (κ3) is 2.01. The number of nitrogens with one attached hydrogen (secondary N) is 1. The summed E-state index contributed by atoms with van der Waals surface area (Å²) in [4.78, 5) is 7.75. The summed E-state index contributed by atoms with van der Waals surface area (Å²) in [7, 11) is 0. The molecule has 0 radical (unpaired) electrons. The van der Waals surface area contributed by atoms with E-state index in [1.807, 2.05) is 42.5 Å². The molecule has 0 atom stereocenters. The van der Waals surface area contributed by atoms with E-state index in [4.69, 9.17) is 10.9 Å². The molecule has 0 bridgehead atoms. The van der Waals surface area contributed by atoms with E-state index in [2.05, 4.69) is 15.1 Å². The van der Waals surface area contributed by atoms with Gasteiger partial charge in [0, 0.05) is 11.1 Å². The van der Waals surface area contributed by atoms with Gasteiger partial charge in [-0.15, -0.1) is 0 Å². The molecule has 0 fully saturated rings. The van der Waals surface area contributed by atoms with Crippen molar-refractivity contribution >= 4 is 16.9 Å². The predicted octanol–water partition coefficient (Wildman–Crippen LogP) is 2.32. The lowest BCUT2D eigenvalue weighted by Crippen LogP contribution is -2.12. The number of rotatable bonds is 2. The summed E-state index contributed by atoms with van der Waals surface area (Å²) < 4.78 is 0. The zero-order valence-electron chi connectivity index (χ0n) is 10.0. The summed E-state index contributed by atoms with van der Waals surface area (Å²) in [5.41, 5.74) is 9.02. The van der Waals surface area contributed by atoms with Crippen molar-refractivity contribution in [2.45, 2.75) is 0 Å². The van der Waals surface area contributed by atoms with E-state index in [1.54, 1.807) is 6.07 Å². The number of amidine groups is 1. The van der Waals surface area contributed by atoms with Gasteiger partial charge in [0.1, 0.15) is 5.82 Å². The Bertz CT molecular complexity index is 728. The molecule has 5 heteroatoms. The molecular weight excluding hydrogens is 240 g/mol. The van der Waals surface area contributed by atoms with Crippen LogP contribution in [0, 0.1) is 0 Å². The number of para-hydroxylation sites is 2. The van der Waals surface area contributed by atoms with E-state index < -0.39 is 0 Å². The Hall–Kier alpha value is -2.82. The van der Waals surface area contributed by atoms with E-state index in [0.717, 1.165) is 22.4 Å². The standard InChI is InChI=1S/C14H12N4O/c15-13(18-19)9-4-3-5-10(8-9)14-16-11-6-1-2-7-12(11)17-14/h1-8,19H,(H2,15,18)(H,16,17). The minimum absolute atomic E-state index is 0.0814. The van der Waals surface area contributed by atoms with Crippen LogP contribution in [-0.2, 0) is 0 Å². The lowest BCUT2D eigenvalue weighted by molar-refractivity contribution is 0.318. The van der Waals surface area contributed by atoms with Crippen LogP contribution in [0.15, 0.2) is 53.7 Å². The van der Waals surface area contributed by atoms with Crippen LogP contribution in [0.2, 0.25) is 0 Å². The number of H-pyrrole nitrogens is 1. The predicted molar refractivity (Wildman–Crippen MR) is 74.0 cm³/mol. The first-order valence-corrected chi connectivity index (χ1v) is 5.81. The fraction of sp³-hybridized carbons (Fsp3) is 0. The smallest absolute Gasteiger partial charge is 0.170 e. The number of aromatic nitrogens is 2. The minimum atomic E-state index is 0.0814. The Kier molecular flexibility index (Phi) is 2.64. The maximum atomic E-state index is 8.70. The second-order valence-electron chi connectivity index (χ2n) is 4.17. The number of oxime groups is 1. The van der Waals surface area contributed by atoms with Gasteiger partial charge in [-0.2, -0.15) is 0 Å². The van der Waals surface area contributed by atoms with Crippen LogP contribution in [0.4, 0.5) is 0 Å². The molecule has 3 rings (SSSR count). The van der Waals surface area contributed by atoms with Gasteiger partial charge in [0.2, 0.25) is 0 Å². The summed E-state index contributed by atoms with van der Waals surface area (Å²) in [5, 5.41) is 11.7. The molecule has 2 aromatic carbocycles. The fourth-order valence-electron chi connectivity index (χ4n) is 1.97. The first-order valence-electron chi connectivity index (χ1n) is 5.81. The topological polar surface area (TPSA) is 87.3 Å². The molecule has 0 spiro atoms. The number of nitrogens with two attached hydrogens (primary N) is 1. The molecule has 5 nitrogen and oxygen atoms in total. The highest BCUT2D eigenvalue weighted by atomic mass is 16.4. The zero-order valence-corrected chi connectivity index (χ0v) is 10.0. The van der Waals surface area contributed by atoms with Crippen LogP contribution in [0.25, 0.3) is 22.4 Å². The first-order chi connectivity index (χ1) is 9.28. The zero-order chi connectivity index (χ0) is 13.2. The van der Waals surface area contributed by atoms with E-state index >= 15 is 0 Å². The third-order valence-electron chi connectivity index (χ3n) is 2.93. The maximum Gasteiger partial charge on any atom is 0.170 e. The number of nitrogens with zero attached hydrogens (tertiary/aromatic N) is 2. The number of benzene rings is 2. The van der Waals surface area contributed by atoms with Crippen molar-refractivity contribution in [3.8, 4) is 11.4 Å². The Morgan fingerprint density at radius 1 is 1.16 bits per heavy atom. The van der Waals surface area contributed by atoms with Crippen molar-refractivity contribution in [2.75, 3.05) is 0 Å². The fourth-order valence-corrected chi connectivity index (χ4v) is 1.97. The first kappa shape index (κ1) is 11.3. The largest absolute Gasteiger partial charge is 0.409 e. The summed E-state index contributed by atoms with van der Waals surface area (Å²) in [6.07, 6.45) is 0. The number of imidazole rings is 1. The van der Waals surface area contributed by atoms with Gasteiger partial charge < -0.3 is 15.9 Å². The number of hydrogen-bond donors (Lipinski definition) is 3. The summed E-state index contributed by atoms with van der Waals surface area (Å²) >= 11 is 0. The highest BCUT2D eigenvalue weighted by Crippen LogP contribution is 2.21. The van der Waals surface area contributed by atoms with Crippen molar-refractivity contribution in [3.63, 3.8) is 0 Å². The van der Waals surface area contributed by atoms with Gasteiger partial charge in [0.05, 0.1) is 11.0 Å². The SMILES string of the molecule is NC(=NO)c1cccc(-c2nc3ccccc3[nH]2)c1. The highest BCUT2D eigenvalue weighted by molar-refractivity contribution is 5.98. The van der Waals surface area contributed by atoms with Crippen molar-refractivity contribution in [1.82, 2.24) is 9.97 Å². The second kappa shape index (κ2) is 4.45. The van der Waals surface area contributed by atoms with Crippen molar-refractivity contribution in [1.29, 1.82) is 0 Å². The molecule has 0 saturated heterocycles. The molecule has 3 aromatic rings. The van der Waals surface area contributed by atoms with Crippen LogP contribution < -0.4 is 5.73 Å². The van der Waals surface area contributed by atoms with Gasteiger partial charge in [0.25, 0.3) is 0 Å². The molecule has 19 heavy (non-hydrogen) atoms. The molecule has 0 amide bonds. The normalized spacial score (nSPS) is 11.9. The molecule has 1 aromatic heterocycles. The third-order valence-corrected chi connectivity index (χ3v) is 2.93. The maximum absolute atomic E-state index is 8.70. The number of aromatic amines is 1. The Labute approximate surface area is 109 Å². The Morgan fingerprint density at radius 3 is 2.79 bits per heavy atom. The summed E-state index contributed by atoms with van der Waals surface area (Å²) in [6.45, 7) is 0. The van der Waals surface area contributed by atoms with Crippen LogP contribution in [0.5, 0.6) is 0 Å². The van der Waals surface area contributed by atoms with E-state index in [-0.39, 0.29) is 5.84 Å². The van der Waals surface area contributed by atoms with Crippen LogP contribution in [-0.4, -0.2) is 21.0 Å². The molecule has 0 aliphatic carbocycles. The van der Waals surface area contributed by atoms with Gasteiger partial charge in [-0.05, 0) is 18.2 Å². The lowest BCUT2D eigenvalue weighted by Gasteiger charge is -2.01. The second-order valence-corrected chi connectivity index (χ2v) is 4.17. The van der Waals surface area contributed by atoms with Crippen LogP contribution >= 0.6 is 0 Å². The monoisotopic (exact) mass is 252 g/mol. The average Bonchev–Trinajstić information content (AvgIpc) is 2.90. The van der Waals surface area contributed by atoms with E-state index in [9.17, 15) is 0 Å². The lowest BCUT2D eigenvalue weighted by atomic mass is 10.1. The van der Waals surface area contributed by atoms with Crippen molar-refractivity contribution < 1.29 is 5.21 Å². The van der Waals surface area contributed by atoms with E-state index in [1.165, 1.54) is 0 Å². The molecule has 1 heterocycles. The molecule has 4 N–H and O–H groups in total. The van der Waals surface area contributed by atoms with Crippen molar-refractivity contribution in [2.24, 2.45) is 10.9 Å². The Balaban J connectivity index is 2.11. The van der Waals surface area contributed by atoms with E-state index in [0.29, 0.717) is 5.56 Å². The molecular formula is C14H12N4O. The quantitative estimate of drug-likeness (QED) is 0.283. The van der Waals surface area contributed by atoms with Gasteiger partial charge in [0.15, 0.2) is 5.84 Å². The van der Waals surface area contributed by atoms with Gasteiger partial charge in [-0.3, -0.25) is 0 Å². The van der Waals surface area contributed by atoms with Crippen LogP contribution in [0.1, 0.15) is 5.56 Å². The number of hydrogen-bond acceptors (Lipinski definition) is 3. The van der Waals surface area contributed by atoms with Gasteiger partial charge >= 0.3 is 0 Å². The summed E-state index contributed by atoms with van der Waals surface area (Å²) in [6, 6.07) is 15.2. The molecule has 94 valence electrons. The molecule has 0 unspecified atom stereocenters. The Morgan fingerprint density at radius 2 is 2.00 bits per heavy atom. The summed E-state index contributed by atoms with van der Waals surface area (Å²) in [5.74, 6) is 0.840. The number of fused-ring (bicyclic) bond motifs is 1. The molecule has 0 aliphatic heterocycles. The molecule has 0 aliphatic rings.